The molecule has 4 heteroatoms. The van der Waals surface area contributed by atoms with Crippen LogP contribution in [0, 0.1) is 0 Å². The number of carbonyl (C=O) groups excluding carboxylic acids is 1. The summed E-state index contributed by atoms with van der Waals surface area (Å²) in [7, 11) is 1.75. The molecule has 1 amide bonds. The van der Waals surface area contributed by atoms with E-state index >= 15 is 0 Å². The van der Waals surface area contributed by atoms with Crippen molar-refractivity contribution >= 4 is 5.91 Å². The van der Waals surface area contributed by atoms with Gasteiger partial charge in [-0.2, -0.15) is 0 Å². The molecule has 16 heavy (non-hydrogen) atoms. The monoisotopic (exact) mass is 228 g/mol. The number of likely N-dealkylation sites (N-methyl/N-ethyl adjacent to an activating group) is 2. The molecule has 0 unspecified atom stereocenters. The van der Waals surface area contributed by atoms with E-state index in [4.69, 9.17) is 0 Å². The molecule has 1 aliphatic rings. The first-order valence-electron chi connectivity index (χ1n) is 6.04. The minimum Gasteiger partial charge on any atom is -0.389 e. The van der Waals surface area contributed by atoms with Gasteiger partial charge in [-0.05, 0) is 33.2 Å². The Kier molecular flexibility index (Phi) is 4.33. The average Bonchev–Trinajstić information content (AvgIpc) is 2.94. The van der Waals surface area contributed by atoms with E-state index in [1.807, 2.05) is 0 Å². The van der Waals surface area contributed by atoms with Gasteiger partial charge >= 0.3 is 0 Å². The van der Waals surface area contributed by atoms with Crippen LogP contribution < -0.4 is 0 Å². The maximum absolute atomic E-state index is 11.9. The molecule has 0 heterocycles. The van der Waals surface area contributed by atoms with Gasteiger partial charge in [0.25, 0.3) is 0 Å². The first-order valence-corrected chi connectivity index (χ1v) is 6.04. The Morgan fingerprint density at radius 1 is 1.44 bits per heavy atom. The quantitative estimate of drug-likeness (QED) is 0.728. The number of nitrogens with zero attached hydrogens (tertiary/aromatic N) is 2. The summed E-state index contributed by atoms with van der Waals surface area (Å²) >= 11 is 0. The normalized spacial score (nSPS) is 16.6. The molecule has 0 radical (unpaired) electrons. The first-order chi connectivity index (χ1) is 7.33. The molecule has 94 valence electrons. The van der Waals surface area contributed by atoms with Gasteiger partial charge in [0.1, 0.15) is 0 Å². The van der Waals surface area contributed by atoms with Crippen molar-refractivity contribution in [1.82, 2.24) is 9.80 Å². The van der Waals surface area contributed by atoms with Crippen molar-refractivity contribution in [1.29, 1.82) is 0 Å². The van der Waals surface area contributed by atoms with Crippen molar-refractivity contribution in [2.75, 3.05) is 26.7 Å². The van der Waals surface area contributed by atoms with Gasteiger partial charge in [0.2, 0.25) is 5.91 Å². The van der Waals surface area contributed by atoms with Gasteiger partial charge in [-0.1, -0.05) is 6.92 Å². The Morgan fingerprint density at radius 2 is 2.00 bits per heavy atom. The molecular weight excluding hydrogens is 204 g/mol. The molecule has 0 atom stereocenters. The molecule has 1 aliphatic carbocycles. The van der Waals surface area contributed by atoms with Crippen LogP contribution in [0.15, 0.2) is 0 Å². The lowest BCUT2D eigenvalue weighted by molar-refractivity contribution is -0.133. The summed E-state index contributed by atoms with van der Waals surface area (Å²) < 4.78 is 0. The second-order valence-corrected chi connectivity index (χ2v) is 5.36. The Morgan fingerprint density at radius 3 is 2.38 bits per heavy atom. The van der Waals surface area contributed by atoms with Gasteiger partial charge in [-0.15, -0.1) is 0 Å². The standard InChI is InChI=1S/C12H24N2O2/c1-5-14(10-6-7-10)8-11(15)13(4)9-12(2,3)16/h10,16H,5-9H2,1-4H3. The van der Waals surface area contributed by atoms with Crippen molar-refractivity contribution in [3.63, 3.8) is 0 Å². The van der Waals surface area contributed by atoms with Crippen LogP contribution in [0.1, 0.15) is 33.6 Å². The fourth-order valence-corrected chi connectivity index (χ4v) is 1.90. The summed E-state index contributed by atoms with van der Waals surface area (Å²) in [6.45, 7) is 7.31. The zero-order valence-electron chi connectivity index (χ0n) is 10.9. The maximum atomic E-state index is 11.9. The summed E-state index contributed by atoms with van der Waals surface area (Å²) in [4.78, 5) is 15.7. The smallest absolute Gasteiger partial charge is 0.236 e. The lowest BCUT2D eigenvalue weighted by Crippen LogP contribution is -2.44. The van der Waals surface area contributed by atoms with Crippen molar-refractivity contribution in [2.24, 2.45) is 0 Å². The van der Waals surface area contributed by atoms with E-state index in [1.54, 1.807) is 25.8 Å². The minimum atomic E-state index is -0.818. The SMILES string of the molecule is CCN(CC(=O)N(C)CC(C)(C)O)C1CC1. The highest BCUT2D eigenvalue weighted by Crippen LogP contribution is 2.26. The van der Waals surface area contributed by atoms with Crippen LogP contribution in [0.25, 0.3) is 0 Å². The molecule has 0 aromatic rings. The average molecular weight is 228 g/mol. The summed E-state index contributed by atoms with van der Waals surface area (Å²) in [5, 5.41) is 9.64. The van der Waals surface area contributed by atoms with Gasteiger partial charge in [-0.25, -0.2) is 0 Å². The second-order valence-electron chi connectivity index (χ2n) is 5.36. The van der Waals surface area contributed by atoms with Crippen LogP contribution in [-0.2, 0) is 4.79 Å². The zero-order valence-corrected chi connectivity index (χ0v) is 10.9. The van der Waals surface area contributed by atoms with Gasteiger partial charge in [0.15, 0.2) is 0 Å². The third-order valence-electron chi connectivity index (χ3n) is 2.86. The van der Waals surface area contributed by atoms with Gasteiger partial charge < -0.3 is 10.0 Å². The number of hydrogen-bond acceptors (Lipinski definition) is 3. The second kappa shape index (κ2) is 5.15. The summed E-state index contributed by atoms with van der Waals surface area (Å²) in [5.41, 5.74) is -0.818. The van der Waals surface area contributed by atoms with Crippen molar-refractivity contribution in [3.8, 4) is 0 Å². The van der Waals surface area contributed by atoms with E-state index in [0.29, 0.717) is 19.1 Å². The van der Waals surface area contributed by atoms with E-state index in [9.17, 15) is 9.90 Å². The highest BCUT2D eigenvalue weighted by Gasteiger charge is 2.30. The first kappa shape index (κ1) is 13.5. The number of carbonyl (C=O) groups is 1. The number of hydrogen-bond donors (Lipinski definition) is 1. The molecule has 1 rings (SSSR count). The molecule has 0 aliphatic heterocycles. The third kappa shape index (κ3) is 4.49. The predicted molar refractivity (Wildman–Crippen MR) is 64.2 cm³/mol. The summed E-state index contributed by atoms with van der Waals surface area (Å²) in [6, 6.07) is 0.615. The molecule has 0 saturated heterocycles. The molecule has 4 nitrogen and oxygen atoms in total. The topological polar surface area (TPSA) is 43.8 Å². The number of aliphatic hydroxyl groups is 1. The van der Waals surface area contributed by atoms with Gasteiger partial charge in [-0.3, -0.25) is 9.69 Å². The maximum Gasteiger partial charge on any atom is 0.236 e. The Bertz CT molecular complexity index is 244. The van der Waals surface area contributed by atoms with E-state index < -0.39 is 5.60 Å². The summed E-state index contributed by atoms with van der Waals surface area (Å²) in [5.74, 6) is 0.0934. The number of amides is 1. The Labute approximate surface area is 98.2 Å². The molecule has 0 aromatic carbocycles. The molecule has 0 aromatic heterocycles. The molecule has 0 bridgehead atoms. The highest BCUT2D eigenvalue weighted by molar-refractivity contribution is 5.78. The van der Waals surface area contributed by atoms with Gasteiger partial charge in [0.05, 0.1) is 12.1 Å². The van der Waals surface area contributed by atoms with Crippen molar-refractivity contribution in [2.45, 2.75) is 45.3 Å². The zero-order chi connectivity index (χ0) is 12.3. The van der Waals surface area contributed by atoms with E-state index in [-0.39, 0.29) is 5.91 Å². The van der Waals surface area contributed by atoms with Crippen LogP contribution in [-0.4, -0.2) is 59.1 Å². The van der Waals surface area contributed by atoms with Gasteiger partial charge in [0, 0.05) is 19.6 Å². The van der Waals surface area contributed by atoms with E-state index in [2.05, 4.69) is 11.8 Å². The minimum absolute atomic E-state index is 0.0934. The summed E-state index contributed by atoms with van der Waals surface area (Å²) in [6.07, 6.45) is 2.44. The molecule has 1 fully saturated rings. The highest BCUT2D eigenvalue weighted by atomic mass is 16.3. The fraction of sp³-hybridized carbons (Fsp3) is 0.917. The molecular formula is C12H24N2O2. The van der Waals surface area contributed by atoms with E-state index in [0.717, 1.165) is 6.54 Å². The van der Waals surface area contributed by atoms with Crippen LogP contribution in [0.2, 0.25) is 0 Å². The lowest BCUT2D eigenvalue weighted by atomic mass is 10.1. The number of rotatable bonds is 6. The Hall–Kier alpha value is -0.610. The van der Waals surface area contributed by atoms with Crippen molar-refractivity contribution in [3.05, 3.63) is 0 Å². The largest absolute Gasteiger partial charge is 0.389 e. The van der Waals surface area contributed by atoms with Crippen LogP contribution in [0.4, 0.5) is 0 Å². The lowest BCUT2D eigenvalue weighted by Gasteiger charge is -2.28. The van der Waals surface area contributed by atoms with Crippen molar-refractivity contribution < 1.29 is 9.90 Å². The fourth-order valence-electron chi connectivity index (χ4n) is 1.90. The third-order valence-corrected chi connectivity index (χ3v) is 2.86. The molecule has 0 spiro atoms. The molecule has 1 N–H and O–H groups in total. The van der Waals surface area contributed by atoms with Crippen LogP contribution >= 0.6 is 0 Å². The Balaban J connectivity index is 2.38. The predicted octanol–water partition coefficient (Wildman–Crippen LogP) is 0.700. The van der Waals surface area contributed by atoms with Crippen LogP contribution in [0.5, 0.6) is 0 Å². The van der Waals surface area contributed by atoms with Crippen LogP contribution in [0.3, 0.4) is 0 Å². The molecule has 1 saturated carbocycles. The van der Waals surface area contributed by atoms with E-state index in [1.165, 1.54) is 12.8 Å².